The van der Waals surface area contributed by atoms with Gasteiger partial charge in [0, 0.05) is 25.4 Å². The van der Waals surface area contributed by atoms with Crippen LogP contribution in [0.25, 0.3) is 0 Å². The third-order valence-corrected chi connectivity index (χ3v) is 5.78. The Labute approximate surface area is 191 Å². The maximum Gasteiger partial charge on any atom is 0.255 e. The van der Waals surface area contributed by atoms with Gasteiger partial charge in [-0.3, -0.25) is 9.59 Å². The molecule has 1 aliphatic carbocycles. The summed E-state index contributed by atoms with van der Waals surface area (Å²) in [4.78, 5) is 22.8. The number of nitrogens with one attached hydrogen (secondary N) is 2. The van der Waals surface area contributed by atoms with E-state index in [4.69, 9.17) is 9.84 Å². The third-order valence-electron chi connectivity index (χ3n) is 5.78. The molecule has 2 aromatic rings. The van der Waals surface area contributed by atoms with Crippen LogP contribution >= 0.6 is 0 Å². The first-order valence-electron chi connectivity index (χ1n) is 11.3. The molecule has 0 aliphatic heterocycles. The van der Waals surface area contributed by atoms with E-state index in [1.807, 2.05) is 30.3 Å². The minimum absolute atomic E-state index is 0.0528. The van der Waals surface area contributed by atoms with Crippen LogP contribution < -0.4 is 15.4 Å². The monoisotopic (exact) mass is 440 g/mol. The Morgan fingerprint density at radius 1 is 1.00 bits per heavy atom. The molecule has 2 aromatic carbocycles. The quantitative estimate of drug-likeness (QED) is 0.611. The molecule has 1 saturated carbocycles. The zero-order valence-electron chi connectivity index (χ0n) is 19.4. The number of carbonyl (C=O) groups is 2. The highest BCUT2D eigenvalue weighted by Crippen LogP contribution is 2.39. The van der Waals surface area contributed by atoms with Crippen molar-refractivity contribution in [3.05, 3.63) is 65.7 Å². The maximum absolute atomic E-state index is 12.6. The van der Waals surface area contributed by atoms with E-state index >= 15 is 0 Å². The van der Waals surface area contributed by atoms with Gasteiger partial charge in [-0.15, -0.1) is 0 Å². The molecule has 6 nitrogen and oxygen atoms in total. The fourth-order valence-corrected chi connectivity index (χ4v) is 4.06. The van der Waals surface area contributed by atoms with E-state index in [2.05, 4.69) is 34.9 Å². The second kappa shape index (κ2) is 12.9. The minimum Gasteiger partial charge on any atom is -0.496 e. The highest BCUT2D eigenvalue weighted by atomic mass is 16.5. The number of rotatable bonds is 7. The van der Waals surface area contributed by atoms with Crippen LogP contribution in [0, 0.1) is 0 Å². The van der Waals surface area contributed by atoms with Gasteiger partial charge in [0.2, 0.25) is 5.91 Å². The molecule has 32 heavy (non-hydrogen) atoms. The Morgan fingerprint density at radius 2 is 1.62 bits per heavy atom. The van der Waals surface area contributed by atoms with Crippen LogP contribution in [0.3, 0.4) is 0 Å². The molecular formula is C26H36N2O4. The van der Waals surface area contributed by atoms with Crippen LogP contribution in [-0.2, 0) is 10.2 Å². The minimum atomic E-state index is -0.445. The van der Waals surface area contributed by atoms with Crippen LogP contribution in [0.2, 0.25) is 0 Å². The van der Waals surface area contributed by atoms with Crippen molar-refractivity contribution in [1.29, 1.82) is 0 Å². The van der Waals surface area contributed by atoms with Gasteiger partial charge in [-0.2, -0.15) is 0 Å². The normalized spacial score (nSPS) is 15.5. The summed E-state index contributed by atoms with van der Waals surface area (Å²) in [6, 6.07) is 18.0. The van der Waals surface area contributed by atoms with Gasteiger partial charge in [-0.1, -0.05) is 61.7 Å². The van der Waals surface area contributed by atoms with Crippen molar-refractivity contribution in [3.8, 4) is 5.75 Å². The van der Waals surface area contributed by atoms with Crippen molar-refractivity contribution in [1.82, 2.24) is 10.6 Å². The Balaban J connectivity index is 0.000000390. The van der Waals surface area contributed by atoms with Gasteiger partial charge in [0.1, 0.15) is 5.75 Å². The van der Waals surface area contributed by atoms with Gasteiger partial charge in [0.15, 0.2) is 0 Å². The van der Waals surface area contributed by atoms with Crippen molar-refractivity contribution in [2.45, 2.75) is 57.5 Å². The van der Waals surface area contributed by atoms with E-state index in [0.717, 1.165) is 12.8 Å². The van der Waals surface area contributed by atoms with Crippen LogP contribution in [-0.4, -0.2) is 43.2 Å². The number of ether oxygens (including phenoxy) is 1. The number of hydrogen-bond donors (Lipinski definition) is 3. The summed E-state index contributed by atoms with van der Waals surface area (Å²) in [6.07, 6.45) is 5.54. The average molecular weight is 441 g/mol. The first kappa shape index (κ1) is 25.4. The molecule has 0 spiro atoms. The van der Waals surface area contributed by atoms with Crippen molar-refractivity contribution in [3.63, 3.8) is 0 Å². The first-order chi connectivity index (χ1) is 15.4. The summed E-state index contributed by atoms with van der Waals surface area (Å²) < 4.78 is 5.31. The lowest BCUT2D eigenvalue weighted by molar-refractivity contribution is -0.119. The van der Waals surface area contributed by atoms with Crippen molar-refractivity contribution < 1.29 is 19.4 Å². The number of aliphatic hydroxyl groups excluding tert-OH is 1. The molecule has 0 radical (unpaired) electrons. The second-order valence-corrected chi connectivity index (χ2v) is 8.38. The summed E-state index contributed by atoms with van der Waals surface area (Å²) >= 11 is 0. The van der Waals surface area contributed by atoms with Crippen LogP contribution in [0.1, 0.15) is 61.9 Å². The molecule has 3 N–H and O–H groups in total. The molecule has 0 heterocycles. The van der Waals surface area contributed by atoms with E-state index in [9.17, 15) is 9.59 Å². The number of hydrogen-bond acceptors (Lipinski definition) is 4. The largest absolute Gasteiger partial charge is 0.496 e. The summed E-state index contributed by atoms with van der Waals surface area (Å²) in [5, 5.41) is 14.2. The summed E-state index contributed by atoms with van der Waals surface area (Å²) in [5.41, 5.74) is 1.99. The fraction of sp³-hybridized carbons (Fsp3) is 0.462. The Kier molecular flexibility index (Phi) is 10.2. The van der Waals surface area contributed by atoms with E-state index < -0.39 is 6.10 Å². The predicted octanol–water partition coefficient (Wildman–Crippen LogP) is 3.83. The Hall–Kier alpha value is -2.86. The van der Waals surface area contributed by atoms with Crippen LogP contribution in [0.5, 0.6) is 5.75 Å². The topological polar surface area (TPSA) is 87.7 Å². The number of carbonyl (C=O) groups excluding carboxylic acids is 2. The molecule has 0 aromatic heterocycles. The number of methoxy groups -OCH3 is 1. The van der Waals surface area contributed by atoms with Crippen molar-refractivity contribution in [2.75, 3.05) is 20.2 Å². The van der Waals surface area contributed by atoms with Crippen LogP contribution in [0.4, 0.5) is 0 Å². The van der Waals surface area contributed by atoms with Crippen molar-refractivity contribution in [2.24, 2.45) is 0 Å². The van der Waals surface area contributed by atoms with Gasteiger partial charge in [0.05, 0.1) is 18.8 Å². The smallest absolute Gasteiger partial charge is 0.255 e. The number of amides is 2. The summed E-state index contributed by atoms with van der Waals surface area (Å²) in [7, 11) is 1.60. The molecule has 1 unspecified atom stereocenters. The highest BCUT2D eigenvalue weighted by molar-refractivity contribution is 5.96. The van der Waals surface area contributed by atoms with E-state index in [-0.39, 0.29) is 17.2 Å². The standard InChI is InChI=1S/C21H25NO2.C5H11NO2/c1-24-19-13-7-6-12-18(19)20(23)22-16-21(14-8-3-9-15-21)17-10-4-2-5-11-17;1-4(7)3-6-5(2)8/h2,4-7,10-13H,3,8-9,14-16H2,1H3,(H,22,23);4,7H,3H2,1-2H3,(H,6,8). The third kappa shape index (κ3) is 7.68. The molecule has 1 atom stereocenters. The van der Waals surface area contributed by atoms with Crippen LogP contribution in [0.15, 0.2) is 54.6 Å². The van der Waals surface area contributed by atoms with E-state index in [1.54, 1.807) is 14.0 Å². The summed E-state index contributed by atoms with van der Waals surface area (Å²) in [6.45, 7) is 4.06. The number of aliphatic hydroxyl groups is 1. The molecule has 1 aliphatic rings. The number of para-hydroxylation sites is 1. The van der Waals surface area contributed by atoms with Gasteiger partial charge < -0.3 is 20.5 Å². The van der Waals surface area contributed by atoms with Gasteiger partial charge >= 0.3 is 0 Å². The zero-order chi connectivity index (χ0) is 23.4. The maximum atomic E-state index is 12.6. The zero-order valence-corrected chi connectivity index (χ0v) is 19.4. The SMILES string of the molecule is CC(=O)NCC(C)O.COc1ccccc1C(=O)NCC1(c2ccccc2)CCCCC1. The van der Waals surface area contributed by atoms with Gasteiger partial charge in [0.25, 0.3) is 5.91 Å². The molecule has 2 amide bonds. The lowest BCUT2D eigenvalue weighted by atomic mass is 9.69. The molecule has 3 rings (SSSR count). The van der Waals surface area contributed by atoms with Gasteiger partial charge in [-0.25, -0.2) is 0 Å². The molecule has 0 saturated heterocycles. The first-order valence-corrected chi connectivity index (χ1v) is 11.3. The predicted molar refractivity (Wildman–Crippen MR) is 127 cm³/mol. The molecular weight excluding hydrogens is 404 g/mol. The fourth-order valence-electron chi connectivity index (χ4n) is 4.06. The summed E-state index contributed by atoms with van der Waals surface area (Å²) in [5.74, 6) is 0.451. The second-order valence-electron chi connectivity index (χ2n) is 8.38. The lowest BCUT2D eigenvalue weighted by Gasteiger charge is -2.38. The lowest BCUT2D eigenvalue weighted by Crippen LogP contribution is -2.42. The number of benzene rings is 2. The molecule has 6 heteroatoms. The highest BCUT2D eigenvalue weighted by Gasteiger charge is 2.34. The average Bonchev–Trinajstić information content (AvgIpc) is 2.82. The Morgan fingerprint density at radius 3 is 2.19 bits per heavy atom. The Bertz CT molecular complexity index is 846. The van der Waals surface area contributed by atoms with E-state index in [0.29, 0.717) is 24.4 Å². The molecule has 174 valence electrons. The van der Waals surface area contributed by atoms with Gasteiger partial charge in [-0.05, 0) is 37.5 Å². The van der Waals surface area contributed by atoms with Crippen molar-refractivity contribution >= 4 is 11.8 Å². The van der Waals surface area contributed by atoms with E-state index in [1.165, 1.54) is 31.7 Å². The molecule has 0 bridgehead atoms. The molecule has 1 fully saturated rings.